The summed E-state index contributed by atoms with van der Waals surface area (Å²) in [5, 5.41) is 8.89. The highest BCUT2D eigenvalue weighted by molar-refractivity contribution is 7.99. The molecule has 1 aliphatic heterocycles. The molecule has 0 aliphatic carbocycles. The molecule has 2 aromatic rings. The van der Waals surface area contributed by atoms with Crippen molar-refractivity contribution in [2.45, 2.75) is 24.2 Å². The van der Waals surface area contributed by atoms with Crippen LogP contribution in [0.2, 0.25) is 0 Å². The molecular formula is C14H16N2OS. The Labute approximate surface area is 111 Å². The molecule has 1 aliphatic rings. The highest BCUT2D eigenvalue weighted by Gasteiger charge is 2.11. The second-order valence-corrected chi connectivity index (χ2v) is 5.63. The molecule has 3 nitrogen and oxygen atoms in total. The summed E-state index contributed by atoms with van der Waals surface area (Å²) in [7, 11) is 0. The van der Waals surface area contributed by atoms with Crippen LogP contribution < -0.4 is 0 Å². The number of aliphatic hydroxyl groups is 1. The monoisotopic (exact) mass is 260 g/mol. The quantitative estimate of drug-likeness (QED) is 0.892. The lowest BCUT2D eigenvalue weighted by atomic mass is 10.0. The Morgan fingerprint density at radius 3 is 3.22 bits per heavy atom. The Hall–Kier alpha value is -1.26. The first-order valence-corrected chi connectivity index (χ1v) is 7.26. The number of aromatic nitrogens is 2. The minimum atomic E-state index is 0.133. The number of rotatable bonds is 3. The number of hydrogen-bond acceptors (Lipinski definition) is 3. The van der Waals surface area contributed by atoms with Gasteiger partial charge in [-0.1, -0.05) is 6.07 Å². The fourth-order valence-corrected chi connectivity index (χ4v) is 3.29. The molecule has 0 unspecified atom stereocenters. The Bertz CT molecular complexity index is 550. The number of aromatic amines is 1. The van der Waals surface area contributed by atoms with Gasteiger partial charge in [0, 0.05) is 11.3 Å². The summed E-state index contributed by atoms with van der Waals surface area (Å²) >= 11 is 1.95. The number of fused-ring (bicyclic) bond motifs is 1. The maximum Gasteiger partial charge on any atom is 0.108 e. The molecule has 18 heavy (non-hydrogen) atoms. The van der Waals surface area contributed by atoms with E-state index in [1.807, 2.05) is 18.0 Å². The van der Waals surface area contributed by atoms with E-state index in [0.29, 0.717) is 6.42 Å². The summed E-state index contributed by atoms with van der Waals surface area (Å²) in [5.41, 5.74) is 3.67. The topological polar surface area (TPSA) is 48.9 Å². The first-order valence-electron chi connectivity index (χ1n) is 6.27. The molecule has 0 saturated heterocycles. The molecule has 0 radical (unpaired) electrons. The molecule has 0 amide bonds. The van der Waals surface area contributed by atoms with E-state index >= 15 is 0 Å². The van der Waals surface area contributed by atoms with Crippen LogP contribution in [0.4, 0.5) is 0 Å². The van der Waals surface area contributed by atoms with Crippen molar-refractivity contribution < 1.29 is 5.11 Å². The van der Waals surface area contributed by atoms with E-state index < -0.39 is 0 Å². The fraction of sp³-hybridized carbons (Fsp3) is 0.357. The standard InChI is InChI=1S/C14H16N2OS/c17-6-5-14-15-9-12(16-14)10-3-4-13-11(8-10)2-1-7-18-13/h3-4,8-9,17H,1-2,5-7H2,(H,15,16). The lowest BCUT2D eigenvalue weighted by molar-refractivity contribution is 0.297. The van der Waals surface area contributed by atoms with Gasteiger partial charge in [-0.3, -0.25) is 0 Å². The van der Waals surface area contributed by atoms with Crippen LogP contribution in [-0.4, -0.2) is 27.4 Å². The first kappa shape index (κ1) is 11.8. The second-order valence-electron chi connectivity index (χ2n) is 4.49. The van der Waals surface area contributed by atoms with Gasteiger partial charge in [-0.05, 0) is 41.9 Å². The number of H-pyrrole nitrogens is 1. The SMILES string of the molecule is OCCc1ncc(-c2ccc3c(c2)CCCS3)[nH]1. The van der Waals surface area contributed by atoms with Gasteiger partial charge in [-0.25, -0.2) is 4.98 Å². The third-order valence-corrected chi connectivity index (χ3v) is 4.40. The van der Waals surface area contributed by atoms with Crippen LogP contribution in [0.5, 0.6) is 0 Å². The van der Waals surface area contributed by atoms with Crippen LogP contribution in [0.3, 0.4) is 0 Å². The molecule has 94 valence electrons. The van der Waals surface area contributed by atoms with Crippen LogP contribution in [-0.2, 0) is 12.8 Å². The third-order valence-electron chi connectivity index (χ3n) is 3.20. The van der Waals surface area contributed by atoms with E-state index in [-0.39, 0.29) is 6.61 Å². The first-order chi connectivity index (χ1) is 8.86. The van der Waals surface area contributed by atoms with Crippen LogP contribution >= 0.6 is 11.8 Å². The normalized spacial score (nSPS) is 14.5. The molecular weight excluding hydrogens is 244 g/mol. The van der Waals surface area contributed by atoms with Crippen molar-refractivity contribution in [2.24, 2.45) is 0 Å². The molecule has 0 saturated carbocycles. The zero-order chi connectivity index (χ0) is 12.4. The fourth-order valence-electron chi connectivity index (χ4n) is 2.27. The summed E-state index contributed by atoms with van der Waals surface area (Å²) < 4.78 is 0. The van der Waals surface area contributed by atoms with E-state index in [1.54, 1.807) is 0 Å². The summed E-state index contributed by atoms with van der Waals surface area (Å²) in [5.74, 6) is 2.08. The van der Waals surface area contributed by atoms with Crippen molar-refractivity contribution in [1.29, 1.82) is 0 Å². The Balaban J connectivity index is 1.91. The zero-order valence-corrected chi connectivity index (χ0v) is 11.0. The van der Waals surface area contributed by atoms with Crippen LogP contribution in [0, 0.1) is 0 Å². The van der Waals surface area contributed by atoms with Crippen molar-refractivity contribution in [3.8, 4) is 11.3 Å². The van der Waals surface area contributed by atoms with Gasteiger partial charge in [0.2, 0.25) is 0 Å². The van der Waals surface area contributed by atoms with Gasteiger partial charge >= 0.3 is 0 Å². The highest BCUT2D eigenvalue weighted by atomic mass is 32.2. The maximum atomic E-state index is 8.89. The zero-order valence-electron chi connectivity index (χ0n) is 10.1. The summed E-state index contributed by atoms with van der Waals surface area (Å²) in [6.45, 7) is 0.133. The molecule has 2 heterocycles. The third kappa shape index (κ3) is 2.31. The van der Waals surface area contributed by atoms with Gasteiger partial charge in [0.1, 0.15) is 5.82 Å². The van der Waals surface area contributed by atoms with E-state index in [1.165, 1.54) is 34.6 Å². The summed E-state index contributed by atoms with van der Waals surface area (Å²) in [4.78, 5) is 8.95. The predicted octanol–water partition coefficient (Wildman–Crippen LogP) is 2.65. The van der Waals surface area contributed by atoms with Crippen LogP contribution in [0.15, 0.2) is 29.3 Å². The summed E-state index contributed by atoms with van der Waals surface area (Å²) in [6.07, 6.45) is 4.87. The van der Waals surface area contributed by atoms with E-state index in [2.05, 4.69) is 28.2 Å². The minimum absolute atomic E-state index is 0.133. The Kier molecular flexibility index (Phi) is 3.39. The van der Waals surface area contributed by atoms with Gasteiger partial charge in [0.25, 0.3) is 0 Å². The van der Waals surface area contributed by atoms with Crippen molar-refractivity contribution in [1.82, 2.24) is 9.97 Å². The average molecular weight is 260 g/mol. The number of imidazole rings is 1. The number of benzene rings is 1. The molecule has 2 N–H and O–H groups in total. The van der Waals surface area contributed by atoms with Crippen LogP contribution in [0.25, 0.3) is 11.3 Å². The largest absolute Gasteiger partial charge is 0.396 e. The number of nitrogens with one attached hydrogen (secondary N) is 1. The summed E-state index contributed by atoms with van der Waals surface area (Å²) in [6, 6.07) is 6.62. The van der Waals surface area contributed by atoms with Gasteiger partial charge in [0.05, 0.1) is 18.5 Å². The number of aliphatic hydroxyl groups excluding tert-OH is 1. The lowest BCUT2D eigenvalue weighted by Crippen LogP contribution is -1.98. The van der Waals surface area contributed by atoms with Gasteiger partial charge in [-0.15, -0.1) is 11.8 Å². The van der Waals surface area contributed by atoms with Gasteiger partial charge < -0.3 is 10.1 Å². The molecule has 0 atom stereocenters. The Morgan fingerprint density at radius 1 is 1.39 bits per heavy atom. The van der Waals surface area contributed by atoms with E-state index in [0.717, 1.165) is 11.5 Å². The van der Waals surface area contributed by atoms with E-state index in [9.17, 15) is 0 Å². The Morgan fingerprint density at radius 2 is 2.33 bits per heavy atom. The number of aryl methyl sites for hydroxylation is 1. The minimum Gasteiger partial charge on any atom is -0.396 e. The lowest BCUT2D eigenvalue weighted by Gasteiger charge is -2.15. The van der Waals surface area contributed by atoms with Crippen LogP contribution in [0.1, 0.15) is 17.8 Å². The average Bonchev–Trinajstić information content (AvgIpc) is 2.87. The molecule has 4 heteroatoms. The van der Waals surface area contributed by atoms with Crippen molar-refractivity contribution >= 4 is 11.8 Å². The maximum absolute atomic E-state index is 8.89. The van der Waals surface area contributed by atoms with Gasteiger partial charge in [0.15, 0.2) is 0 Å². The molecule has 0 fully saturated rings. The number of hydrogen-bond donors (Lipinski definition) is 2. The van der Waals surface area contributed by atoms with Crippen molar-refractivity contribution in [3.05, 3.63) is 35.8 Å². The number of nitrogens with zero attached hydrogens (tertiary/aromatic N) is 1. The molecule has 1 aromatic heterocycles. The predicted molar refractivity (Wildman–Crippen MR) is 73.9 cm³/mol. The smallest absolute Gasteiger partial charge is 0.108 e. The molecule has 0 bridgehead atoms. The molecule has 1 aromatic carbocycles. The molecule has 3 rings (SSSR count). The van der Waals surface area contributed by atoms with Crippen molar-refractivity contribution in [3.63, 3.8) is 0 Å². The second kappa shape index (κ2) is 5.16. The highest BCUT2D eigenvalue weighted by Crippen LogP contribution is 2.32. The van der Waals surface area contributed by atoms with Gasteiger partial charge in [-0.2, -0.15) is 0 Å². The number of thioether (sulfide) groups is 1. The molecule has 0 spiro atoms. The van der Waals surface area contributed by atoms with Crippen molar-refractivity contribution in [2.75, 3.05) is 12.4 Å². The van der Waals surface area contributed by atoms with E-state index in [4.69, 9.17) is 5.11 Å².